The number of anilines is 2. The second kappa shape index (κ2) is 7.27. The van der Waals surface area contributed by atoms with Crippen LogP contribution in [0.5, 0.6) is 0 Å². The molecule has 0 saturated heterocycles. The Balaban J connectivity index is 1.87. The number of aromatic nitrogens is 2. The van der Waals surface area contributed by atoms with Crippen LogP contribution in [0.15, 0.2) is 30.3 Å². The maximum atomic E-state index is 12.4. The highest BCUT2D eigenvalue weighted by Gasteiger charge is 2.32. The van der Waals surface area contributed by atoms with Crippen LogP contribution >= 0.6 is 0 Å². The molecule has 3 rings (SSSR count). The first-order valence-corrected chi connectivity index (χ1v) is 7.88. The fourth-order valence-electron chi connectivity index (χ4n) is 2.62. The Morgan fingerprint density at radius 2 is 2.08 bits per heavy atom. The Morgan fingerprint density at radius 3 is 2.80 bits per heavy atom. The van der Waals surface area contributed by atoms with Crippen molar-refractivity contribution in [1.82, 2.24) is 15.3 Å². The lowest BCUT2D eigenvalue weighted by atomic mass is 10.2. The quantitative estimate of drug-likeness (QED) is 0.741. The van der Waals surface area contributed by atoms with Crippen LogP contribution in [-0.4, -0.2) is 42.0 Å². The molecule has 2 amide bonds. The van der Waals surface area contributed by atoms with Crippen LogP contribution < -0.4 is 16.0 Å². The Morgan fingerprint density at radius 1 is 1.32 bits per heavy atom. The molecule has 8 heteroatoms. The van der Waals surface area contributed by atoms with Crippen molar-refractivity contribution >= 4 is 23.5 Å². The van der Waals surface area contributed by atoms with E-state index in [0.29, 0.717) is 31.1 Å². The van der Waals surface area contributed by atoms with E-state index in [0.717, 1.165) is 5.56 Å². The molecule has 1 aromatic carbocycles. The standard InChI is InChI=1S/C17H19N5O3/c1-25-8-7-19-17(24)15-20-14(18)12-9-13(23)22(16(12)21-15)10-11-5-3-2-4-6-11/h2-6H,7-10H2,1H3,(H,19,24)(H2,18,20,21). The van der Waals surface area contributed by atoms with Gasteiger partial charge in [0.05, 0.1) is 19.6 Å². The number of nitrogens with two attached hydrogens (primary N) is 1. The van der Waals surface area contributed by atoms with E-state index in [1.54, 1.807) is 7.11 Å². The molecule has 0 bridgehead atoms. The van der Waals surface area contributed by atoms with E-state index in [1.807, 2.05) is 30.3 Å². The minimum atomic E-state index is -0.453. The van der Waals surface area contributed by atoms with E-state index in [1.165, 1.54) is 4.90 Å². The number of methoxy groups -OCH3 is 1. The lowest BCUT2D eigenvalue weighted by Gasteiger charge is -2.17. The van der Waals surface area contributed by atoms with Crippen LogP contribution in [0, 0.1) is 0 Å². The lowest BCUT2D eigenvalue weighted by Crippen LogP contribution is -2.30. The molecule has 130 valence electrons. The normalized spacial score (nSPS) is 13.0. The zero-order valence-corrected chi connectivity index (χ0v) is 13.9. The second-order valence-corrected chi connectivity index (χ2v) is 5.63. The third-order valence-electron chi connectivity index (χ3n) is 3.88. The van der Waals surface area contributed by atoms with Crippen LogP contribution in [0.1, 0.15) is 21.7 Å². The van der Waals surface area contributed by atoms with Gasteiger partial charge in [-0.15, -0.1) is 0 Å². The monoisotopic (exact) mass is 341 g/mol. The van der Waals surface area contributed by atoms with Crippen molar-refractivity contribution in [3.8, 4) is 0 Å². The Kier molecular flexibility index (Phi) is 4.90. The van der Waals surface area contributed by atoms with E-state index in [2.05, 4.69) is 15.3 Å². The predicted molar refractivity (Wildman–Crippen MR) is 92.0 cm³/mol. The van der Waals surface area contributed by atoms with Crippen molar-refractivity contribution in [2.75, 3.05) is 30.9 Å². The molecule has 8 nitrogen and oxygen atoms in total. The SMILES string of the molecule is COCCNC(=O)c1nc(N)c2c(n1)N(Cc1ccccc1)C(=O)C2. The van der Waals surface area contributed by atoms with Gasteiger partial charge in [-0.1, -0.05) is 30.3 Å². The zero-order valence-electron chi connectivity index (χ0n) is 13.9. The van der Waals surface area contributed by atoms with Gasteiger partial charge in [0, 0.05) is 19.2 Å². The van der Waals surface area contributed by atoms with Gasteiger partial charge in [0.25, 0.3) is 5.91 Å². The smallest absolute Gasteiger partial charge is 0.289 e. The van der Waals surface area contributed by atoms with Crippen molar-refractivity contribution < 1.29 is 14.3 Å². The van der Waals surface area contributed by atoms with Crippen molar-refractivity contribution in [2.24, 2.45) is 0 Å². The average molecular weight is 341 g/mol. The van der Waals surface area contributed by atoms with Crippen molar-refractivity contribution in [3.05, 3.63) is 47.3 Å². The van der Waals surface area contributed by atoms with Gasteiger partial charge in [0.1, 0.15) is 11.6 Å². The highest BCUT2D eigenvalue weighted by Crippen LogP contribution is 2.31. The molecule has 0 aliphatic carbocycles. The van der Waals surface area contributed by atoms with Crippen molar-refractivity contribution in [2.45, 2.75) is 13.0 Å². The minimum absolute atomic E-state index is 0.0554. The number of fused-ring (bicyclic) bond motifs is 1. The molecule has 0 radical (unpaired) electrons. The highest BCUT2D eigenvalue weighted by atomic mass is 16.5. The summed E-state index contributed by atoms with van der Waals surface area (Å²) in [5.74, 6) is -0.0634. The van der Waals surface area contributed by atoms with Gasteiger partial charge in [0.2, 0.25) is 11.7 Å². The number of carbonyl (C=O) groups is 2. The van der Waals surface area contributed by atoms with E-state index in [4.69, 9.17) is 10.5 Å². The van der Waals surface area contributed by atoms with E-state index in [-0.39, 0.29) is 24.0 Å². The second-order valence-electron chi connectivity index (χ2n) is 5.63. The van der Waals surface area contributed by atoms with Crippen molar-refractivity contribution in [1.29, 1.82) is 0 Å². The summed E-state index contributed by atoms with van der Waals surface area (Å²) in [5, 5.41) is 2.65. The predicted octanol–water partition coefficient (Wildman–Crippen LogP) is 0.524. The van der Waals surface area contributed by atoms with Gasteiger partial charge in [-0.2, -0.15) is 0 Å². The van der Waals surface area contributed by atoms with Crippen LogP contribution in [0.3, 0.4) is 0 Å². The molecule has 25 heavy (non-hydrogen) atoms. The number of amides is 2. The van der Waals surface area contributed by atoms with E-state index >= 15 is 0 Å². The molecule has 1 aromatic heterocycles. The number of nitrogen functional groups attached to an aromatic ring is 1. The van der Waals surface area contributed by atoms with Gasteiger partial charge < -0.3 is 15.8 Å². The highest BCUT2D eigenvalue weighted by molar-refractivity contribution is 6.02. The summed E-state index contributed by atoms with van der Waals surface area (Å²) in [5.41, 5.74) is 7.48. The van der Waals surface area contributed by atoms with Crippen molar-refractivity contribution in [3.63, 3.8) is 0 Å². The van der Waals surface area contributed by atoms with Gasteiger partial charge >= 0.3 is 0 Å². The Bertz CT molecular complexity index is 794. The van der Waals surface area contributed by atoms with Crippen LogP contribution in [0.2, 0.25) is 0 Å². The largest absolute Gasteiger partial charge is 0.383 e. The average Bonchev–Trinajstić information content (AvgIpc) is 2.92. The summed E-state index contributed by atoms with van der Waals surface area (Å²) in [4.78, 5) is 34.4. The molecule has 0 spiro atoms. The molecule has 0 fully saturated rings. The lowest BCUT2D eigenvalue weighted by molar-refractivity contribution is -0.117. The number of ether oxygens (including phenoxy) is 1. The number of nitrogens with zero attached hydrogens (tertiary/aromatic N) is 3. The Hall–Kier alpha value is -3.00. The number of nitrogens with one attached hydrogen (secondary N) is 1. The zero-order chi connectivity index (χ0) is 17.8. The van der Waals surface area contributed by atoms with E-state index in [9.17, 15) is 9.59 Å². The molecule has 1 aliphatic rings. The molecule has 0 atom stereocenters. The molecular weight excluding hydrogens is 322 g/mol. The summed E-state index contributed by atoms with van der Waals surface area (Å²) in [7, 11) is 1.54. The fourth-order valence-corrected chi connectivity index (χ4v) is 2.62. The van der Waals surface area contributed by atoms with Gasteiger partial charge in [-0.3, -0.25) is 14.5 Å². The topological polar surface area (TPSA) is 110 Å². The summed E-state index contributed by atoms with van der Waals surface area (Å²) < 4.78 is 4.89. The first-order chi connectivity index (χ1) is 12.1. The molecule has 0 saturated carbocycles. The summed E-state index contributed by atoms with van der Waals surface area (Å²) in [6.07, 6.45) is 0.138. The first-order valence-electron chi connectivity index (χ1n) is 7.88. The molecule has 2 aromatic rings. The van der Waals surface area contributed by atoms with Gasteiger partial charge in [-0.25, -0.2) is 9.97 Å². The maximum absolute atomic E-state index is 12.4. The first kappa shape index (κ1) is 16.8. The molecule has 1 aliphatic heterocycles. The van der Waals surface area contributed by atoms with Crippen LogP contribution in [0.4, 0.5) is 11.6 Å². The molecule has 2 heterocycles. The van der Waals surface area contributed by atoms with Gasteiger partial charge in [-0.05, 0) is 5.56 Å². The fraction of sp³-hybridized carbons (Fsp3) is 0.294. The summed E-state index contributed by atoms with van der Waals surface area (Å²) in [6, 6.07) is 9.56. The summed E-state index contributed by atoms with van der Waals surface area (Å²) in [6.45, 7) is 1.08. The number of hydrogen-bond acceptors (Lipinski definition) is 6. The summed E-state index contributed by atoms with van der Waals surface area (Å²) >= 11 is 0. The maximum Gasteiger partial charge on any atom is 0.289 e. The number of carbonyl (C=O) groups excluding carboxylic acids is 2. The van der Waals surface area contributed by atoms with Gasteiger partial charge in [0.15, 0.2) is 0 Å². The molecule has 0 unspecified atom stereocenters. The third kappa shape index (κ3) is 3.58. The minimum Gasteiger partial charge on any atom is -0.383 e. The number of hydrogen-bond donors (Lipinski definition) is 2. The third-order valence-corrected chi connectivity index (χ3v) is 3.88. The molecule has 3 N–H and O–H groups in total. The van der Waals surface area contributed by atoms with Crippen LogP contribution in [0.25, 0.3) is 0 Å². The number of rotatable bonds is 6. The van der Waals surface area contributed by atoms with Crippen LogP contribution in [-0.2, 0) is 22.5 Å². The number of benzene rings is 1. The Labute approximate surface area is 145 Å². The molecular formula is C17H19N5O3. The van der Waals surface area contributed by atoms with E-state index < -0.39 is 5.91 Å².